The van der Waals surface area contributed by atoms with Crippen molar-refractivity contribution in [2.45, 2.75) is 33.2 Å². The Morgan fingerprint density at radius 2 is 1.67 bits per heavy atom. The van der Waals surface area contributed by atoms with Crippen molar-refractivity contribution in [1.29, 1.82) is 0 Å². The van der Waals surface area contributed by atoms with Crippen LogP contribution in [-0.2, 0) is 14.8 Å². The van der Waals surface area contributed by atoms with Crippen molar-refractivity contribution in [2.75, 3.05) is 15.9 Å². The number of halogens is 2. The summed E-state index contributed by atoms with van der Waals surface area (Å²) in [6.07, 6.45) is 1.40. The standard InChI is InChI=1S/C19H22Cl2N2O3S/c1-5-18(19(24)22-14-6-7-16(20)17(21)11-14)23(27(4,25)26)15-9-12(2)8-13(3)10-15/h6-11,18H,5H2,1-4H3,(H,22,24)/t18-/m1/s1. The normalized spacial score (nSPS) is 12.5. The predicted octanol–water partition coefficient (Wildman–Crippen LogP) is 4.79. The van der Waals surface area contributed by atoms with E-state index < -0.39 is 22.0 Å². The van der Waals surface area contributed by atoms with Crippen LogP contribution in [0.3, 0.4) is 0 Å². The Hall–Kier alpha value is -1.76. The van der Waals surface area contributed by atoms with E-state index in [-0.39, 0.29) is 0 Å². The quantitative estimate of drug-likeness (QED) is 0.718. The third-order valence-electron chi connectivity index (χ3n) is 3.98. The topological polar surface area (TPSA) is 66.5 Å². The SMILES string of the molecule is CC[C@H](C(=O)Nc1ccc(Cl)c(Cl)c1)N(c1cc(C)cc(C)c1)S(C)(=O)=O. The van der Waals surface area contributed by atoms with Gasteiger partial charge in [-0.3, -0.25) is 9.10 Å². The monoisotopic (exact) mass is 428 g/mol. The van der Waals surface area contributed by atoms with Crippen LogP contribution >= 0.6 is 23.2 Å². The minimum atomic E-state index is -3.69. The summed E-state index contributed by atoms with van der Waals surface area (Å²) in [4.78, 5) is 12.9. The summed E-state index contributed by atoms with van der Waals surface area (Å²) in [7, 11) is -3.69. The Balaban J connectivity index is 2.42. The smallest absolute Gasteiger partial charge is 0.248 e. The van der Waals surface area contributed by atoms with Gasteiger partial charge in [0.25, 0.3) is 0 Å². The van der Waals surface area contributed by atoms with Gasteiger partial charge in [0.05, 0.1) is 22.0 Å². The van der Waals surface area contributed by atoms with Crippen LogP contribution in [0.15, 0.2) is 36.4 Å². The van der Waals surface area contributed by atoms with E-state index in [0.29, 0.717) is 27.8 Å². The van der Waals surface area contributed by atoms with Gasteiger partial charge in [0.2, 0.25) is 15.9 Å². The number of sulfonamides is 1. The van der Waals surface area contributed by atoms with Gasteiger partial charge in [-0.1, -0.05) is 36.2 Å². The summed E-state index contributed by atoms with van der Waals surface area (Å²) in [6, 6.07) is 9.25. The van der Waals surface area contributed by atoms with Crippen LogP contribution in [-0.4, -0.2) is 26.6 Å². The number of hydrogen-bond donors (Lipinski definition) is 1. The minimum Gasteiger partial charge on any atom is -0.324 e. The molecule has 0 fully saturated rings. The van der Waals surface area contributed by atoms with Crippen molar-refractivity contribution in [3.05, 3.63) is 57.6 Å². The molecule has 0 bridgehead atoms. The number of hydrogen-bond acceptors (Lipinski definition) is 3. The zero-order valence-corrected chi connectivity index (χ0v) is 17.9. The van der Waals surface area contributed by atoms with Gasteiger partial charge in [-0.05, 0) is 61.7 Å². The molecular formula is C19H22Cl2N2O3S. The Kier molecular flexibility index (Phi) is 6.78. The van der Waals surface area contributed by atoms with Crippen LogP contribution in [0.4, 0.5) is 11.4 Å². The van der Waals surface area contributed by atoms with Crippen LogP contribution in [0.1, 0.15) is 24.5 Å². The molecule has 0 spiro atoms. The highest BCUT2D eigenvalue weighted by Crippen LogP contribution is 2.28. The molecule has 0 saturated carbocycles. The molecule has 5 nitrogen and oxygen atoms in total. The van der Waals surface area contributed by atoms with Gasteiger partial charge in [-0.25, -0.2) is 8.42 Å². The first-order valence-electron chi connectivity index (χ1n) is 8.36. The molecule has 8 heteroatoms. The van der Waals surface area contributed by atoms with E-state index >= 15 is 0 Å². The van der Waals surface area contributed by atoms with Gasteiger partial charge >= 0.3 is 0 Å². The Labute approximate surface area is 170 Å². The molecule has 0 heterocycles. The summed E-state index contributed by atoms with van der Waals surface area (Å²) >= 11 is 11.9. The molecule has 0 aliphatic rings. The predicted molar refractivity (Wildman–Crippen MR) is 112 cm³/mol. The van der Waals surface area contributed by atoms with E-state index in [4.69, 9.17) is 23.2 Å². The van der Waals surface area contributed by atoms with E-state index in [1.807, 2.05) is 19.9 Å². The van der Waals surface area contributed by atoms with Gasteiger partial charge in [0.1, 0.15) is 6.04 Å². The van der Waals surface area contributed by atoms with Gasteiger partial charge < -0.3 is 5.32 Å². The molecule has 27 heavy (non-hydrogen) atoms. The van der Waals surface area contributed by atoms with Crippen molar-refractivity contribution in [3.63, 3.8) is 0 Å². The van der Waals surface area contributed by atoms with Crippen LogP contribution < -0.4 is 9.62 Å². The molecule has 0 aromatic heterocycles. The second kappa shape index (κ2) is 8.50. The maximum Gasteiger partial charge on any atom is 0.248 e. The average molecular weight is 429 g/mol. The summed E-state index contributed by atoms with van der Waals surface area (Å²) < 4.78 is 26.2. The van der Waals surface area contributed by atoms with Crippen molar-refractivity contribution >= 4 is 50.5 Å². The molecule has 146 valence electrons. The number of aryl methyl sites for hydroxylation is 2. The molecule has 2 aromatic rings. The highest BCUT2D eigenvalue weighted by molar-refractivity contribution is 7.92. The number of nitrogens with one attached hydrogen (secondary N) is 1. The fraction of sp³-hybridized carbons (Fsp3) is 0.316. The number of rotatable bonds is 6. The van der Waals surface area contributed by atoms with E-state index in [1.165, 1.54) is 10.4 Å². The molecule has 2 rings (SSSR count). The summed E-state index contributed by atoms with van der Waals surface area (Å²) in [5, 5.41) is 3.40. The first-order chi connectivity index (χ1) is 12.5. The lowest BCUT2D eigenvalue weighted by Gasteiger charge is -2.30. The maximum atomic E-state index is 12.9. The molecule has 1 atom stereocenters. The van der Waals surface area contributed by atoms with Crippen LogP contribution in [0.25, 0.3) is 0 Å². The number of amides is 1. The third kappa shape index (κ3) is 5.37. The van der Waals surface area contributed by atoms with Crippen LogP contribution in [0, 0.1) is 13.8 Å². The lowest BCUT2D eigenvalue weighted by molar-refractivity contribution is -0.117. The Morgan fingerprint density at radius 3 is 2.15 bits per heavy atom. The molecule has 0 radical (unpaired) electrons. The van der Waals surface area contributed by atoms with Gasteiger partial charge in [0.15, 0.2) is 0 Å². The largest absolute Gasteiger partial charge is 0.324 e. The van der Waals surface area contributed by atoms with Crippen molar-refractivity contribution in [1.82, 2.24) is 0 Å². The average Bonchev–Trinajstić information content (AvgIpc) is 2.53. The van der Waals surface area contributed by atoms with Crippen molar-refractivity contribution in [3.8, 4) is 0 Å². The van der Waals surface area contributed by atoms with Crippen molar-refractivity contribution < 1.29 is 13.2 Å². The van der Waals surface area contributed by atoms with E-state index in [9.17, 15) is 13.2 Å². The van der Waals surface area contributed by atoms with Gasteiger partial charge in [-0.2, -0.15) is 0 Å². The fourth-order valence-electron chi connectivity index (χ4n) is 2.94. The number of anilines is 2. The van der Waals surface area contributed by atoms with Gasteiger partial charge in [-0.15, -0.1) is 0 Å². The molecule has 0 aliphatic carbocycles. The van der Waals surface area contributed by atoms with E-state index in [1.54, 1.807) is 31.2 Å². The first kappa shape index (κ1) is 21.5. The lowest BCUT2D eigenvalue weighted by Crippen LogP contribution is -2.47. The molecular weight excluding hydrogens is 407 g/mol. The molecule has 1 amide bonds. The highest BCUT2D eigenvalue weighted by Gasteiger charge is 2.31. The molecule has 2 aromatic carbocycles. The fourth-order valence-corrected chi connectivity index (χ4v) is 4.43. The third-order valence-corrected chi connectivity index (χ3v) is 5.90. The number of carbonyl (C=O) groups is 1. The zero-order chi connectivity index (χ0) is 20.4. The number of nitrogens with zero attached hydrogens (tertiary/aromatic N) is 1. The highest BCUT2D eigenvalue weighted by atomic mass is 35.5. The molecule has 0 unspecified atom stereocenters. The summed E-state index contributed by atoms with van der Waals surface area (Å²) in [5.74, 6) is -0.444. The maximum absolute atomic E-state index is 12.9. The second-order valence-corrected chi connectivity index (χ2v) is 9.12. The van der Waals surface area contributed by atoms with Crippen LogP contribution in [0.2, 0.25) is 10.0 Å². The lowest BCUT2D eigenvalue weighted by atomic mass is 10.1. The van der Waals surface area contributed by atoms with Crippen molar-refractivity contribution in [2.24, 2.45) is 0 Å². The minimum absolute atomic E-state index is 0.299. The summed E-state index contributed by atoms with van der Waals surface area (Å²) in [6.45, 7) is 5.53. The zero-order valence-electron chi connectivity index (χ0n) is 15.6. The number of carbonyl (C=O) groups excluding carboxylic acids is 1. The van der Waals surface area contributed by atoms with E-state index in [0.717, 1.165) is 17.4 Å². The Morgan fingerprint density at radius 1 is 1.07 bits per heavy atom. The van der Waals surface area contributed by atoms with E-state index in [2.05, 4.69) is 5.32 Å². The summed E-state index contributed by atoms with van der Waals surface area (Å²) in [5.41, 5.74) is 2.74. The second-order valence-electron chi connectivity index (χ2n) is 6.45. The number of benzene rings is 2. The molecule has 0 saturated heterocycles. The molecule has 0 aliphatic heterocycles. The van der Waals surface area contributed by atoms with Gasteiger partial charge in [0, 0.05) is 5.69 Å². The molecule has 1 N–H and O–H groups in total. The first-order valence-corrected chi connectivity index (χ1v) is 11.0. The Bertz CT molecular complexity index is 941. The van der Waals surface area contributed by atoms with Crippen LogP contribution in [0.5, 0.6) is 0 Å².